The molecule has 0 aliphatic rings. The van der Waals surface area contributed by atoms with Crippen LogP contribution < -0.4 is 5.73 Å². The van der Waals surface area contributed by atoms with Crippen molar-refractivity contribution in [1.82, 2.24) is 4.98 Å². The number of aromatic nitrogens is 1. The van der Waals surface area contributed by atoms with Crippen molar-refractivity contribution in [2.75, 3.05) is 0 Å². The number of esters is 1. The Balaban J connectivity index is 2.29. The predicted molar refractivity (Wildman–Crippen MR) is 80.4 cm³/mol. The molecule has 0 radical (unpaired) electrons. The molecule has 0 fully saturated rings. The molecule has 2 N–H and O–H groups in total. The van der Waals surface area contributed by atoms with Crippen molar-refractivity contribution in [3.05, 3.63) is 63.6 Å². The fourth-order valence-corrected chi connectivity index (χ4v) is 2.16. The molecule has 1 aromatic carbocycles. The number of benzene rings is 1. The summed E-state index contributed by atoms with van der Waals surface area (Å²) in [5.74, 6) is -2.47. The number of carbonyl (C=O) groups is 2. The van der Waals surface area contributed by atoms with E-state index in [9.17, 15) is 14.0 Å². The van der Waals surface area contributed by atoms with E-state index < -0.39 is 23.8 Å². The zero-order chi connectivity index (χ0) is 16.3. The molecule has 1 atom stereocenters. The molecular formula is C15H12BrFN2O3. The van der Waals surface area contributed by atoms with Gasteiger partial charge in [0.15, 0.2) is 0 Å². The number of amides is 1. The number of hydrogen-bond donors (Lipinski definition) is 1. The molecule has 2 aromatic rings. The number of aryl methyl sites for hydroxylation is 1. The van der Waals surface area contributed by atoms with Crippen LogP contribution >= 0.6 is 15.9 Å². The normalized spacial score (nSPS) is 11.8. The highest BCUT2D eigenvalue weighted by Gasteiger charge is 2.26. The molecular weight excluding hydrogens is 355 g/mol. The maximum absolute atomic E-state index is 13.9. The van der Waals surface area contributed by atoms with Crippen molar-refractivity contribution in [2.45, 2.75) is 13.0 Å². The molecule has 0 spiro atoms. The Labute approximate surface area is 134 Å². The van der Waals surface area contributed by atoms with Gasteiger partial charge in [0.2, 0.25) is 6.10 Å². The average Bonchev–Trinajstić information content (AvgIpc) is 2.45. The molecule has 1 aromatic heterocycles. The number of pyridine rings is 1. The highest BCUT2D eigenvalue weighted by atomic mass is 79.9. The Morgan fingerprint density at radius 3 is 2.64 bits per heavy atom. The minimum absolute atomic E-state index is 0.107. The first-order valence-electron chi connectivity index (χ1n) is 6.25. The van der Waals surface area contributed by atoms with E-state index >= 15 is 0 Å². The van der Waals surface area contributed by atoms with Gasteiger partial charge in [0.05, 0.1) is 5.56 Å². The third kappa shape index (κ3) is 3.67. The van der Waals surface area contributed by atoms with Crippen LogP contribution in [0.5, 0.6) is 0 Å². The molecule has 22 heavy (non-hydrogen) atoms. The van der Waals surface area contributed by atoms with Crippen LogP contribution in [0.15, 0.2) is 41.1 Å². The first-order chi connectivity index (χ1) is 10.4. The summed E-state index contributed by atoms with van der Waals surface area (Å²) in [6.45, 7) is 1.75. The van der Waals surface area contributed by atoms with Crippen LogP contribution in [0.3, 0.4) is 0 Å². The van der Waals surface area contributed by atoms with Gasteiger partial charge in [-0.05, 0) is 30.7 Å². The summed E-state index contributed by atoms with van der Waals surface area (Å²) >= 11 is 3.11. The van der Waals surface area contributed by atoms with Crippen LogP contribution in [0.25, 0.3) is 0 Å². The molecule has 1 unspecified atom stereocenters. The largest absolute Gasteiger partial charge is 0.444 e. The predicted octanol–water partition coefficient (Wildman–Crippen LogP) is 2.68. The van der Waals surface area contributed by atoms with Crippen LogP contribution in [-0.2, 0) is 9.53 Å². The van der Waals surface area contributed by atoms with E-state index in [-0.39, 0.29) is 11.1 Å². The fourth-order valence-electron chi connectivity index (χ4n) is 1.83. The molecule has 0 saturated carbocycles. The summed E-state index contributed by atoms with van der Waals surface area (Å²) in [6, 6.07) is 5.56. The second kappa shape index (κ2) is 6.65. The number of nitrogens with zero attached hydrogens (tertiary/aromatic N) is 1. The van der Waals surface area contributed by atoms with Crippen LogP contribution in [-0.4, -0.2) is 16.9 Å². The maximum atomic E-state index is 13.9. The smallest absolute Gasteiger partial charge is 0.340 e. The lowest BCUT2D eigenvalue weighted by Crippen LogP contribution is -2.27. The van der Waals surface area contributed by atoms with Gasteiger partial charge >= 0.3 is 5.97 Å². The van der Waals surface area contributed by atoms with E-state index in [0.29, 0.717) is 4.47 Å². The van der Waals surface area contributed by atoms with Gasteiger partial charge in [0, 0.05) is 22.4 Å². The van der Waals surface area contributed by atoms with Crippen molar-refractivity contribution in [3.63, 3.8) is 0 Å². The molecule has 5 nitrogen and oxygen atoms in total. The number of ether oxygens (including phenoxy) is 1. The van der Waals surface area contributed by atoms with Crippen molar-refractivity contribution in [3.8, 4) is 0 Å². The molecule has 0 saturated heterocycles. The molecule has 1 heterocycles. The third-order valence-corrected chi connectivity index (χ3v) is 3.33. The van der Waals surface area contributed by atoms with Crippen LogP contribution in [0.2, 0.25) is 0 Å². The number of nitrogens with two attached hydrogens (primary N) is 1. The molecule has 0 aliphatic carbocycles. The Morgan fingerprint density at radius 1 is 1.32 bits per heavy atom. The monoisotopic (exact) mass is 366 g/mol. The lowest BCUT2D eigenvalue weighted by atomic mass is 10.1. The minimum Gasteiger partial charge on any atom is -0.444 e. The van der Waals surface area contributed by atoms with Gasteiger partial charge in [-0.2, -0.15) is 0 Å². The van der Waals surface area contributed by atoms with Crippen molar-refractivity contribution >= 4 is 27.8 Å². The van der Waals surface area contributed by atoms with Gasteiger partial charge < -0.3 is 10.5 Å². The molecule has 7 heteroatoms. The summed E-state index contributed by atoms with van der Waals surface area (Å²) in [7, 11) is 0. The average molecular weight is 367 g/mol. The van der Waals surface area contributed by atoms with Crippen molar-refractivity contribution in [1.29, 1.82) is 0 Å². The van der Waals surface area contributed by atoms with E-state index in [4.69, 9.17) is 10.5 Å². The van der Waals surface area contributed by atoms with Gasteiger partial charge in [-0.25, -0.2) is 9.18 Å². The SMILES string of the molecule is Cc1cncc(C(=O)OC(C(N)=O)c2ccc(Br)cc2F)c1. The minimum atomic E-state index is -1.51. The molecule has 0 aliphatic heterocycles. The zero-order valence-electron chi connectivity index (χ0n) is 11.5. The Bertz CT molecular complexity index is 736. The Morgan fingerprint density at radius 2 is 2.05 bits per heavy atom. The highest BCUT2D eigenvalue weighted by molar-refractivity contribution is 9.10. The maximum Gasteiger partial charge on any atom is 0.340 e. The van der Waals surface area contributed by atoms with Crippen LogP contribution in [0.4, 0.5) is 4.39 Å². The third-order valence-electron chi connectivity index (χ3n) is 2.84. The Kier molecular flexibility index (Phi) is 4.87. The molecule has 0 bridgehead atoms. The topological polar surface area (TPSA) is 82.3 Å². The highest BCUT2D eigenvalue weighted by Crippen LogP contribution is 2.24. The van der Waals surface area contributed by atoms with Crippen molar-refractivity contribution < 1.29 is 18.7 Å². The second-order valence-corrected chi connectivity index (χ2v) is 5.52. The Hall–Kier alpha value is -2.28. The summed E-state index contributed by atoms with van der Waals surface area (Å²) in [4.78, 5) is 27.4. The van der Waals surface area contributed by atoms with E-state index in [2.05, 4.69) is 20.9 Å². The summed E-state index contributed by atoms with van der Waals surface area (Å²) in [5, 5.41) is 0. The van der Waals surface area contributed by atoms with Crippen LogP contribution in [0.1, 0.15) is 27.6 Å². The van der Waals surface area contributed by atoms with Crippen LogP contribution in [0, 0.1) is 12.7 Å². The quantitative estimate of drug-likeness (QED) is 0.843. The van der Waals surface area contributed by atoms with Gasteiger partial charge in [-0.15, -0.1) is 0 Å². The lowest BCUT2D eigenvalue weighted by molar-refractivity contribution is -0.127. The zero-order valence-corrected chi connectivity index (χ0v) is 13.1. The molecule has 114 valence electrons. The summed E-state index contributed by atoms with van der Waals surface area (Å²) in [6.07, 6.45) is 1.35. The van der Waals surface area contributed by atoms with E-state index in [0.717, 1.165) is 11.6 Å². The van der Waals surface area contributed by atoms with E-state index in [1.54, 1.807) is 19.2 Å². The number of halogens is 2. The number of primary amides is 1. The fraction of sp³-hybridized carbons (Fsp3) is 0.133. The molecule has 1 amide bonds. The van der Waals surface area contributed by atoms with Gasteiger partial charge in [0.25, 0.3) is 5.91 Å². The van der Waals surface area contributed by atoms with Gasteiger partial charge in [0.1, 0.15) is 5.82 Å². The molecule has 2 rings (SSSR count). The van der Waals surface area contributed by atoms with E-state index in [1.165, 1.54) is 18.3 Å². The number of rotatable bonds is 4. The lowest BCUT2D eigenvalue weighted by Gasteiger charge is -2.16. The summed E-state index contributed by atoms with van der Waals surface area (Å²) < 4.78 is 19.5. The van der Waals surface area contributed by atoms with Gasteiger partial charge in [-0.3, -0.25) is 9.78 Å². The first kappa shape index (κ1) is 16.1. The summed E-state index contributed by atoms with van der Waals surface area (Å²) in [5.41, 5.74) is 6.02. The van der Waals surface area contributed by atoms with Crippen molar-refractivity contribution in [2.24, 2.45) is 5.73 Å². The number of hydrogen-bond acceptors (Lipinski definition) is 4. The number of carbonyl (C=O) groups excluding carboxylic acids is 2. The second-order valence-electron chi connectivity index (χ2n) is 4.60. The first-order valence-corrected chi connectivity index (χ1v) is 7.04. The standard InChI is InChI=1S/C15H12BrFN2O3/c1-8-4-9(7-19-6-8)15(21)22-13(14(18)20)11-3-2-10(16)5-12(11)17/h2-7,13H,1H3,(H2,18,20). The van der Waals surface area contributed by atoms with Gasteiger partial charge in [-0.1, -0.05) is 22.0 Å². The van der Waals surface area contributed by atoms with E-state index in [1.807, 2.05) is 0 Å².